The van der Waals surface area contributed by atoms with Crippen LogP contribution in [0.1, 0.15) is 35.2 Å². The fourth-order valence-electron chi connectivity index (χ4n) is 4.12. The van der Waals surface area contributed by atoms with Crippen LogP contribution in [0.5, 0.6) is 0 Å². The number of anilines is 1. The standard InChI is InChI=1S/C22H25N5O/c1-26-13-16(12-23-26)10-15-8-9-27(14-15)21-11-19(22(28)24-17-6-7-17)18-4-2-3-5-20(18)25-21/h2-5,11-13,15,17H,6-10,14H2,1H3,(H,24,28). The van der Waals surface area contributed by atoms with Gasteiger partial charge in [0, 0.05) is 37.8 Å². The molecule has 1 unspecified atom stereocenters. The third-order valence-electron chi connectivity index (χ3n) is 5.75. The molecule has 1 saturated heterocycles. The third kappa shape index (κ3) is 3.46. The normalized spacial score (nSPS) is 19.3. The molecular weight excluding hydrogens is 350 g/mol. The first-order chi connectivity index (χ1) is 13.7. The summed E-state index contributed by atoms with van der Waals surface area (Å²) in [5.41, 5.74) is 2.91. The highest BCUT2D eigenvalue weighted by Crippen LogP contribution is 2.29. The van der Waals surface area contributed by atoms with Gasteiger partial charge in [-0.3, -0.25) is 9.48 Å². The number of nitrogens with zero attached hydrogens (tertiary/aromatic N) is 4. The van der Waals surface area contributed by atoms with Crippen LogP contribution in [-0.2, 0) is 13.5 Å². The minimum atomic E-state index is 0.0217. The van der Waals surface area contributed by atoms with Crippen LogP contribution in [0.3, 0.4) is 0 Å². The number of rotatable bonds is 5. The molecule has 2 aliphatic rings. The van der Waals surface area contributed by atoms with Gasteiger partial charge < -0.3 is 10.2 Å². The second kappa shape index (κ2) is 6.93. The Labute approximate surface area is 164 Å². The molecule has 0 spiro atoms. The Morgan fingerprint density at radius 3 is 2.89 bits per heavy atom. The maximum Gasteiger partial charge on any atom is 0.252 e. The van der Waals surface area contributed by atoms with Crippen molar-refractivity contribution in [1.82, 2.24) is 20.1 Å². The van der Waals surface area contributed by atoms with Crippen LogP contribution in [0.25, 0.3) is 10.9 Å². The third-order valence-corrected chi connectivity index (χ3v) is 5.75. The highest BCUT2D eigenvalue weighted by molar-refractivity contribution is 6.07. The van der Waals surface area contributed by atoms with E-state index >= 15 is 0 Å². The summed E-state index contributed by atoms with van der Waals surface area (Å²) in [4.78, 5) is 20.0. The van der Waals surface area contributed by atoms with Gasteiger partial charge in [-0.15, -0.1) is 0 Å². The van der Waals surface area contributed by atoms with Crippen molar-refractivity contribution in [2.75, 3.05) is 18.0 Å². The molecule has 1 saturated carbocycles. The van der Waals surface area contributed by atoms with Gasteiger partial charge in [0.1, 0.15) is 5.82 Å². The van der Waals surface area contributed by atoms with Crippen molar-refractivity contribution in [2.24, 2.45) is 13.0 Å². The van der Waals surface area contributed by atoms with Gasteiger partial charge >= 0.3 is 0 Å². The van der Waals surface area contributed by atoms with Crippen LogP contribution < -0.4 is 10.2 Å². The number of para-hydroxylation sites is 1. The van der Waals surface area contributed by atoms with Crippen LogP contribution in [-0.4, -0.2) is 39.8 Å². The van der Waals surface area contributed by atoms with E-state index in [4.69, 9.17) is 4.98 Å². The molecule has 5 rings (SSSR count). The van der Waals surface area contributed by atoms with Gasteiger partial charge in [-0.05, 0) is 49.3 Å². The van der Waals surface area contributed by atoms with E-state index < -0.39 is 0 Å². The number of fused-ring (bicyclic) bond motifs is 1. The molecule has 1 amide bonds. The van der Waals surface area contributed by atoms with Gasteiger partial charge in [-0.1, -0.05) is 18.2 Å². The molecule has 0 bridgehead atoms. The van der Waals surface area contributed by atoms with Gasteiger partial charge in [0.15, 0.2) is 0 Å². The molecule has 0 radical (unpaired) electrons. The molecule has 1 N–H and O–H groups in total. The molecule has 1 aliphatic carbocycles. The number of hydrogen-bond donors (Lipinski definition) is 1. The van der Waals surface area contributed by atoms with E-state index in [9.17, 15) is 4.79 Å². The molecule has 6 heteroatoms. The highest BCUT2D eigenvalue weighted by atomic mass is 16.1. The maximum absolute atomic E-state index is 12.8. The predicted molar refractivity (Wildman–Crippen MR) is 109 cm³/mol. The first-order valence-corrected chi connectivity index (χ1v) is 10.1. The maximum atomic E-state index is 12.8. The smallest absolute Gasteiger partial charge is 0.252 e. The summed E-state index contributed by atoms with van der Waals surface area (Å²) < 4.78 is 1.86. The Balaban J connectivity index is 1.40. The van der Waals surface area contributed by atoms with E-state index in [2.05, 4.69) is 21.5 Å². The molecule has 1 atom stereocenters. The van der Waals surface area contributed by atoms with Crippen LogP contribution in [0.2, 0.25) is 0 Å². The number of pyridine rings is 1. The van der Waals surface area contributed by atoms with E-state index in [-0.39, 0.29) is 5.91 Å². The molecule has 1 aromatic carbocycles. The number of carbonyl (C=O) groups excluding carboxylic acids is 1. The minimum Gasteiger partial charge on any atom is -0.356 e. The number of carbonyl (C=O) groups is 1. The van der Waals surface area contributed by atoms with Crippen molar-refractivity contribution < 1.29 is 4.79 Å². The van der Waals surface area contributed by atoms with Crippen molar-refractivity contribution >= 4 is 22.6 Å². The zero-order valence-corrected chi connectivity index (χ0v) is 16.1. The number of hydrogen-bond acceptors (Lipinski definition) is 4. The van der Waals surface area contributed by atoms with E-state index in [1.807, 2.05) is 48.3 Å². The Kier molecular flexibility index (Phi) is 4.26. The van der Waals surface area contributed by atoms with Crippen LogP contribution >= 0.6 is 0 Å². The molecule has 6 nitrogen and oxygen atoms in total. The lowest BCUT2D eigenvalue weighted by molar-refractivity contribution is 0.0952. The SMILES string of the molecule is Cn1cc(CC2CCN(c3cc(C(=O)NC4CC4)c4ccccc4n3)C2)cn1. The zero-order valence-electron chi connectivity index (χ0n) is 16.1. The van der Waals surface area contributed by atoms with Crippen molar-refractivity contribution in [3.63, 3.8) is 0 Å². The highest BCUT2D eigenvalue weighted by Gasteiger charge is 2.27. The van der Waals surface area contributed by atoms with Gasteiger partial charge in [-0.25, -0.2) is 4.98 Å². The minimum absolute atomic E-state index is 0.0217. The molecular formula is C22H25N5O. The van der Waals surface area contributed by atoms with Crippen molar-refractivity contribution in [1.29, 1.82) is 0 Å². The monoisotopic (exact) mass is 375 g/mol. The van der Waals surface area contributed by atoms with E-state index in [1.165, 1.54) is 5.56 Å². The van der Waals surface area contributed by atoms with Gasteiger partial charge in [0.2, 0.25) is 0 Å². The van der Waals surface area contributed by atoms with Gasteiger partial charge in [0.25, 0.3) is 5.91 Å². The quantitative estimate of drug-likeness (QED) is 0.745. The Morgan fingerprint density at radius 1 is 1.25 bits per heavy atom. The molecule has 28 heavy (non-hydrogen) atoms. The lowest BCUT2D eigenvalue weighted by atomic mass is 10.0. The molecule has 1 aliphatic heterocycles. The summed E-state index contributed by atoms with van der Waals surface area (Å²) in [6.07, 6.45) is 8.39. The Bertz CT molecular complexity index is 1020. The van der Waals surface area contributed by atoms with Crippen LogP contribution in [0.4, 0.5) is 5.82 Å². The fraction of sp³-hybridized carbons (Fsp3) is 0.409. The molecule has 144 valence electrons. The van der Waals surface area contributed by atoms with Gasteiger partial charge in [0.05, 0.1) is 17.3 Å². The van der Waals surface area contributed by atoms with Crippen molar-refractivity contribution in [2.45, 2.75) is 31.7 Å². The summed E-state index contributed by atoms with van der Waals surface area (Å²) in [5, 5.41) is 8.33. The number of benzene rings is 1. The van der Waals surface area contributed by atoms with Crippen molar-refractivity contribution in [3.05, 3.63) is 53.9 Å². The van der Waals surface area contributed by atoms with Gasteiger partial charge in [-0.2, -0.15) is 5.10 Å². The average Bonchev–Trinajstić information content (AvgIpc) is 3.22. The zero-order chi connectivity index (χ0) is 19.1. The lowest BCUT2D eigenvalue weighted by Crippen LogP contribution is -2.27. The van der Waals surface area contributed by atoms with E-state index in [0.717, 1.165) is 61.1 Å². The fourth-order valence-corrected chi connectivity index (χ4v) is 4.12. The first-order valence-electron chi connectivity index (χ1n) is 10.1. The van der Waals surface area contributed by atoms with Crippen LogP contribution in [0.15, 0.2) is 42.7 Å². The number of nitrogens with one attached hydrogen (secondary N) is 1. The summed E-state index contributed by atoms with van der Waals surface area (Å²) in [6.45, 7) is 1.93. The van der Waals surface area contributed by atoms with Crippen molar-refractivity contribution in [3.8, 4) is 0 Å². The lowest BCUT2D eigenvalue weighted by Gasteiger charge is -2.19. The van der Waals surface area contributed by atoms with E-state index in [0.29, 0.717) is 12.0 Å². The topological polar surface area (TPSA) is 63.1 Å². The first kappa shape index (κ1) is 17.2. The Hall–Kier alpha value is -2.89. The summed E-state index contributed by atoms with van der Waals surface area (Å²) in [7, 11) is 1.96. The number of aromatic nitrogens is 3. The number of aryl methyl sites for hydroxylation is 1. The number of amides is 1. The van der Waals surface area contributed by atoms with Crippen LogP contribution in [0, 0.1) is 5.92 Å². The molecule has 3 heterocycles. The molecule has 3 aromatic rings. The summed E-state index contributed by atoms with van der Waals surface area (Å²) in [6, 6.07) is 10.3. The Morgan fingerprint density at radius 2 is 2.11 bits per heavy atom. The summed E-state index contributed by atoms with van der Waals surface area (Å²) in [5.74, 6) is 1.52. The summed E-state index contributed by atoms with van der Waals surface area (Å²) >= 11 is 0. The average molecular weight is 375 g/mol. The second-order valence-electron chi connectivity index (χ2n) is 8.12. The largest absolute Gasteiger partial charge is 0.356 e. The molecule has 2 aromatic heterocycles. The second-order valence-corrected chi connectivity index (χ2v) is 8.12. The van der Waals surface area contributed by atoms with E-state index in [1.54, 1.807) is 0 Å². The molecule has 2 fully saturated rings. The predicted octanol–water partition coefficient (Wildman–Crippen LogP) is 2.93.